The Morgan fingerprint density at radius 3 is 1.81 bits per heavy atom. The van der Waals surface area contributed by atoms with Gasteiger partial charge in [0, 0.05) is 6.26 Å². The molecule has 0 heterocycles. The van der Waals surface area contributed by atoms with Crippen molar-refractivity contribution in [3.05, 3.63) is 60.3 Å². The summed E-state index contributed by atoms with van der Waals surface area (Å²) in [6.45, 7) is 16.7. The van der Waals surface area contributed by atoms with Crippen LogP contribution in [-0.2, 0) is 30.5 Å². The molecule has 1 radical (unpaired) electrons. The van der Waals surface area contributed by atoms with E-state index < -0.39 is 10.1 Å². The Labute approximate surface area is 211 Å². The van der Waals surface area contributed by atoms with E-state index in [1.54, 1.807) is 6.07 Å². The Kier molecular flexibility index (Phi) is 15.9. The second-order valence-corrected chi connectivity index (χ2v) is 14.8. The van der Waals surface area contributed by atoms with Gasteiger partial charge < -0.3 is 10.3 Å². The zero-order valence-corrected chi connectivity index (χ0v) is 23.9. The van der Waals surface area contributed by atoms with Crippen LogP contribution in [0.25, 0.3) is 16.9 Å². The number of hydrogen-bond donors (Lipinski definition) is 0. The first kappa shape index (κ1) is 33.4. The normalized spacial score (nSPS) is 11.4. The average Bonchev–Trinajstić information content (AvgIpc) is 2.60. The number of hydrogen-bond acceptors (Lipinski definition) is 3. The fourth-order valence-electron chi connectivity index (χ4n) is 3.27. The summed E-state index contributed by atoms with van der Waals surface area (Å²) in [6, 6.07) is 18.4. The summed E-state index contributed by atoms with van der Waals surface area (Å²) in [7, 11) is -3.77. The molecule has 0 amide bonds. The molecule has 0 atom stereocenters. The van der Waals surface area contributed by atoms with E-state index in [0.717, 1.165) is 11.1 Å². The maximum absolute atomic E-state index is 9.08. The van der Waals surface area contributed by atoms with E-state index in [4.69, 9.17) is 18.7 Å². The van der Waals surface area contributed by atoms with Crippen LogP contribution in [0, 0.1) is 6.07 Å². The molecule has 0 aliphatic carbocycles. The second kappa shape index (κ2) is 15.2. The minimum atomic E-state index is -3.92. The maximum Gasteiger partial charge on any atom is 2.00 e. The van der Waals surface area contributed by atoms with Crippen molar-refractivity contribution < 1.29 is 33.4 Å². The fraction of sp³-hybridized carbons (Fsp3) is 0.520. The van der Waals surface area contributed by atoms with Crippen LogP contribution < -0.4 is 0 Å². The van der Waals surface area contributed by atoms with E-state index in [9.17, 15) is 0 Å². The van der Waals surface area contributed by atoms with Crippen molar-refractivity contribution in [3.63, 3.8) is 0 Å². The molecule has 2 aromatic carbocycles. The predicted molar refractivity (Wildman–Crippen MR) is 137 cm³/mol. The minimum absolute atomic E-state index is 0. The molecule has 183 valence electrons. The molecule has 2 aromatic rings. The zero-order chi connectivity index (χ0) is 24.3. The number of unbranched alkanes of at least 4 members (excludes halogenated alkanes) is 1. The molecule has 0 spiro atoms. The standard InChI is InChI=1S/C12H9N.C12H27P.CH4O3S.Pd/c13-12-9-5-4-8-11(12)10-6-2-1-3-7-10;1-8-9-10-13(11(2,3)4)12(5,6)7;1-5(2,3)4;/h1-6,8-9,13H;8-10H2,1-7H3;1H3,(H,2,3,4);/q-1;;;+2/p-1. The molecule has 0 fully saturated rings. The van der Waals surface area contributed by atoms with E-state index in [1.807, 2.05) is 42.5 Å². The summed E-state index contributed by atoms with van der Waals surface area (Å²) in [6.07, 6.45) is 4.79. The summed E-state index contributed by atoms with van der Waals surface area (Å²) in [4.78, 5) is 0. The van der Waals surface area contributed by atoms with Crippen molar-refractivity contribution in [1.82, 2.24) is 0 Å². The van der Waals surface area contributed by atoms with Crippen molar-refractivity contribution in [2.45, 2.75) is 71.6 Å². The van der Waals surface area contributed by atoms with E-state index in [1.165, 1.54) is 19.0 Å². The number of rotatable bonds is 4. The van der Waals surface area contributed by atoms with Gasteiger partial charge in [-0.05, 0) is 40.1 Å². The van der Waals surface area contributed by atoms with Gasteiger partial charge in [0.2, 0.25) is 0 Å². The minimum Gasteiger partial charge on any atom is -0.748 e. The molecule has 0 unspecified atom stereocenters. The smallest absolute Gasteiger partial charge is 0.748 e. The molecule has 0 aliphatic heterocycles. The van der Waals surface area contributed by atoms with E-state index in [2.05, 4.69) is 54.5 Å². The van der Waals surface area contributed by atoms with Crippen molar-refractivity contribution in [1.29, 1.82) is 0 Å². The molecular weight excluding hydrogens is 532 g/mol. The third-order valence-corrected chi connectivity index (χ3v) is 8.28. The maximum atomic E-state index is 9.08. The first-order valence-electron chi connectivity index (χ1n) is 10.5. The molecule has 0 aromatic heterocycles. The topological polar surface area (TPSA) is 81.0 Å². The van der Waals surface area contributed by atoms with Gasteiger partial charge in [0.15, 0.2) is 0 Å². The van der Waals surface area contributed by atoms with E-state index in [-0.39, 0.29) is 28.3 Å². The fourth-order valence-corrected chi connectivity index (χ4v) is 7.26. The second-order valence-electron chi connectivity index (χ2n) is 9.37. The molecule has 0 saturated heterocycles. The van der Waals surface area contributed by atoms with Crippen molar-refractivity contribution in [3.8, 4) is 11.1 Å². The first-order chi connectivity index (χ1) is 14.1. The number of nitrogens with one attached hydrogen (secondary N) is 1. The van der Waals surface area contributed by atoms with Crippen molar-refractivity contribution in [2.75, 3.05) is 12.4 Å². The molecule has 2 rings (SSSR count). The zero-order valence-electron chi connectivity index (χ0n) is 20.6. The third kappa shape index (κ3) is 15.9. The monoisotopic (exact) mass is 570 g/mol. The van der Waals surface area contributed by atoms with Crippen LogP contribution in [0.3, 0.4) is 0 Å². The Morgan fingerprint density at radius 2 is 1.44 bits per heavy atom. The van der Waals surface area contributed by atoms with Crippen LogP contribution in [0.4, 0.5) is 5.69 Å². The third-order valence-electron chi connectivity index (χ3n) is 4.28. The average molecular weight is 571 g/mol. The van der Waals surface area contributed by atoms with Crippen LogP contribution in [0.5, 0.6) is 0 Å². The van der Waals surface area contributed by atoms with Gasteiger partial charge in [-0.25, -0.2) is 8.42 Å². The van der Waals surface area contributed by atoms with Crippen LogP contribution in [0.2, 0.25) is 0 Å². The Bertz CT molecular complexity index is 839. The van der Waals surface area contributed by atoms with Crippen molar-refractivity contribution in [2.24, 2.45) is 0 Å². The first-order valence-corrected chi connectivity index (χ1v) is 13.9. The van der Waals surface area contributed by atoms with Crippen LogP contribution >= 0.6 is 7.92 Å². The Hall–Kier alpha value is -0.758. The molecular formula is C25H39NO3PPdS. The van der Waals surface area contributed by atoms with Crippen LogP contribution in [0.1, 0.15) is 61.3 Å². The van der Waals surface area contributed by atoms with Gasteiger partial charge in [-0.3, -0.25) is 0 Å². The van der Waals surface area contributed by atoms with Crippen molar-refractivity contribution >= 4 is 23.7 Å². The molecule has 32 heavy (non-hydrogen) atoms. The van der Waals surface area contributed by atoms with Crippen LogP contribution in [0.15, 0.2) is 48.5 Å². The van der Waals surface area contributed by atoms with Gasteiger partial charge in [0.05, 0.1) is 10.1 Å². The van der Waals surface area contributed by atoms with Gasteiger partial charge in [-0.1, -0.05) is 111 Å². The van der Waals surface area contributed by atoms with E-state index >= 15 is 0 Å². The van der Waals surface area contributed by atoms with E-state index in [0.29, 0.717) is 22.3 Å². The molecule has 0 bridgehead atoms. The van der Waals surface area contributed by atoms with Gasteiger partial charge in [0.1, 0.15) is 0 Å². The SMILES string of the molecule is CCCCP(C(C)(C)C)C(C)(C)C.CS(=O)(=O)[O-].[NH-]c1ccccc1-c1[c]cccc1.[Pd+2]. The summed E-state index contributed by atoms with van der Waals surface area (Å²) >= 11 is 0. The number of benzene rings is 2. The predicted octanol–water partition coefficient (Wildman–Crippen LogP) is 7.86. The van der Waals surface area contributed by atoms with Gasteiger partial charge in [-0.2, -0.15) is 0 Å². The molecule has 7 heteroatoms. The quantitative estimate of drug-likeness (QED) is 0.213. The summed E-state index contributed by atoms with van der Waals surface area (Å²) < 4.78 is 27.2. The Balaban J connectivity index is 0. The molecule has 0 aliphatic rings. The molecule has 0 saturated carbocycles. The van der Waals surface area contributed by atoms with Crippen LogP contribution in [-0.4, -0.2) is 35.7 Å². The molecule has 1 N–H and O–H groups in total. The Morgan fingerprint density at radius 1 is 0.969 bits per heavy atom. The summed E-state index contributed by atoms with van der Waals surface area (Å²) in [5.74, 6) is 0. The van der Waals surface area contributed by atoms with Gasteiger partial charge in [-0.15, -0.1) is 5.69 Å². The summed E-state index contributed by atoms with van der Waals surface area (Å²) in [5, 5.41) is 1.03. The van der Waals surface area contributed by atoms with Gasteiger partial charge in [0.25, 0.3) is 0 Å². The largest absolute Gasteiger partial charge is 2.00 e. The van der Waals surface area contributed by atoms with Gasteiger partial charge >= 0.3 is 20.4 Å². The molecule has 4 nitrogen and oxygen atoms in total. The summed E-state index contributed by atoms with van der Waals surface area (Å²) in [5.41, 5.74) is 10.1.